The van der Waals surface area contributed by atoms with Crippen LogP contribution in [0.25, 0.3) is 0 Å². The molecule has 1 saturated heterocycles. The second kappa shape index (κ2) is 4.55. The van der Waals surface area contributed by atoms with Crippen molar-refractivity contribution in [2.45, 2.75) is 36.8 Å². The Morgan fingerprint density at radius 2 is 2.12 bits per heavy atom. The van der Waals surface area contributed by atoms with Crippen molar-refractivity contribution in [3.8, 4) is 0 Å². The van der Waals surface area contributed by atoms with Gasteiger partial charge < -0.3 is 20.7 Å². The van der Waals surface area contributed by atoms with Crippen LogP contribution < -0.4 is 11.1 Å². The van der Waals surface area contributed by atoms with Crippen molar-refractivity contribution in [1.82, 2.24) is 10.2 Å². The average Bonchev–Trinajstić information content (AvgIpc) is 2.64. The van der Waals surface area contributed by atoms with Gasteiger partial charge >= 0.3 is 0 Å². The number of amides is 1. The van der Waals surface area contributed by atoms with E-state index in [2.05, 4.69) is 24.3 Å². The number of ether oxygens (including phenoxy) is 1. The Kier molecular flexibility index (Phi) is 3.43. The van der Waals surface area contributed by atoms with Gasteiger partial charge in [-0.25, -0.2) is 0 Å². The maximum Gasteiger partial charge on any atom is 0.242 e. The van der Waals surface area contributed by atoms with E-state index in [9.17, 15) is 4.79 Å². The van der Waals surface area contributed by atoms with Gasteiger partial charge in [-0.05, 0) is 39.8 Å². The smallest absolute Gasteiger partial charge is 0.242 e. The molecule has 0 aromatic rings. The molecule has 1 aliphatic carbocycles. The first-order valence-corrected chi connectivity index (χ1v) is 6.31. The van der Waals surface area contributed by atoms with E-state index in [1.54, 1.807) is 0 Å². The van der Waals surface area contributed by atoms with Crippen LogP contribution in [0.2, 0.25) is 0 Å². The molecule has 2 rings (SSSR count). The molecule has 5 nitrogen and oxygen atoms in total. The van der Waals surface area contributed by atoms with Crippen molar-refractivity contribution >= 4 is 5.91 Å². The fraction of sp³-hybridized carbons (Fsp3) is 0.917. The lowest BCUT2D eigenvalue weighted by Crippen LogP contribution is -2.61. The lowest BCUT2D eigenvalue weighted by molar-refractivity contribution is -0.127. The summed E-state index contributed by atoms with van der Waals surface area (Å²) in [4.78, 5) is 14.3. The molecule has 1 heterocycles. The highest BCUT2D eigenvalue weighted by Crippen LogP contribution is 2.35. The van der Waals surface area contributed by atoms with Gasteiger partial charge in [-0.1, -0.05) is 0 Å². The fourth-order valence-corrected chi connectivity index (χ4v) is 2.55. The van der Waals surface area contributed by atoms with E-state index >= 15 is 0 Å². The second-order valence-electron chi connectivity index (χ2n) is 5.61. The first-order valence-electron chi connectivity index (χ1n) is 6.31. The summed E-state index contributed by atoms with van der Waals surface area (Å²) >= 11 is 0. The van der Waals surface area contributed by atoms with E-state index in [1.165, 1.54) is 6.42 Å². The van der Waals surface area contributed by atoms with Gasteiger partial charge in [0.1, 0.15) is 5.54 Å². The fourth-order valence-electron chi connectivity index (χ4n) is 2.55. The van der Waals surface area contributed by atoms with Gasteiger partial charge in [0, 0.05) is 18.7 Å². The van der Waals surface area contributed by atoms with Crippen LogP contribution in [0, 0.1) is 0 Å². The van der Waals surface area contributed by atoms with Gasteiger partial charge in [-0.3, -0.25) is 4.79 Å². The highest BCUT2D eigenvalue weighted by molar-refractivity contribution is 5.86. The van der Waals surface area contributed by atoms with E-state index < -0.39 is 5.54 Å². The third-order valence-corrected chi connectivity index (χ3v) is 4.32. The molecule has 1 aliphatic heterocycles. The largest absolute Gasteiger partial charge is 0.379 e. The van der Waals surface area contributed by atoms with Crippen LogP contribution in [-0.4, -0.2) is 55.7 Å². The number of carbonyl (C=O) groups excluding carboxylic acids is 1. The molecular weight excluding hydrogens is 218 g/mol. The number of nitrogens with one attached hydrogen (secondary N) is 1. The van der Waals surface area contributed by atoms with E-state index in [1.807, 2.05) is 0 Å². The van der Waals surface area contributed by atoms with Crippen molar-refractivity contribution in [2.24, 2.45) is 5.73 Å². The van der Waals surface area contributed by atoms with Crippen LogP contribution in [0.3, 0.4) is 0 Å². The Hall–Kier alpha value is -0.650. The van der Waals surface area contributed by atoms with Crippen molar-refractivity contribution < 1.29 is 9.53 Å². The lowest BCUT2D eigenvalue weighted by atomic mass is 9.75. The van der Waals surface area contributed by atoms with Crippen molar-refractivity contribution in [2.75, 3.05) is 33.9 Å². The second-order valence-corrected chi connectivity index (χ2v) is 5.61. The Morgan fingerprint density at radius 3 is 2.53 bits per heavy atom. The Morgan fingerprint density at radius 1 is 1.41 bits per heavy atom. The molecule has 2 aliphatic rings. The average molecular weight is 241 g/mol. The molecule has 5 heteroatoms. The molecule has 0 spiro atoms. The molecule has 3 N–H and O–H groups in total. The van der Waals surface area contributed by atoms with Crippen LogP contribution in [0.5, 0.6) is 0 Å². The maximum absolute atomic E-state index is 12.0. The highest BCUT2D eigenvalue weighted by Gasteiger charge is 2.42. The van der Waals surface area contributed by atoms with E-state index in [0.29, 0.717) is 26.2 Å². The van der Waals surface area contributed by atoms with Crippen LogP contribution in [0.1, 0.15) is 25.7 Å². The molecule has 0 radical (unpaired) electrons. The SMILES string of the molecule is CN(C)C1(CNC(=O)C2(N)CCOC2)CCC1. The minimum Gasteiger partial charge on any atom is -0.379 e. The zero-order valence-electron chi connectivity index (χ0n) is 10.8. The third-order valence-electron chi connectivity index (χ3n) is 4.32. The molecule has 2 fully saturated rings. The molecule has 1 atom stereocenters. The summed E-state index contributed by atoms with van der Waals surface area (Å²) in [6.07, 6.45) is 4.15. The molecular formula is C12H23N3O2. The summed E-state index contributed by atoms with van der Waals surface area (Å²) in [6, 6.07) is 0. The van der Waals surface area contributed by atoms with E-state index in [0.717, 1.165) is 12.8 Å². The highest BCUT2D eigenvalue weighted by atomic mass is 16.5. The Labute approximate surface area is 103 Å². The summed E-state index contributed by atoms with van der Waals surface area (Å²) in [5.41, 5.74) is 5.35. The summed E-state index contributed by atoms with van der Waals surface area (Å²) in [6.45, 7) is 1.62. The number of hydrogen-bond donors (Lipinski definition) is 2. The van der Waals surface area contributed by atoms with Gasteiger partial charge in [-0.2, -0.15) is 0 Å². The van der Waals surface area contributed by atoms with Gasteiger partial charge in [-0.15, -0.1) is 0 Å². The molecule has 0 aromatic carbocycles. The molecule has 98 valence electrons. The topological polar surface area (TPSA) is 67.6 Å². The quantitative estimate of drug-likeness (QED) is 0.709. The van der Waals surface area contributed by atoms with Gasteiger partial charge in [0.25, 0.3) is 0 Å². The minimum atomic E-state index is -0.808. The minimum absolute atomic E-state index is 0.0666. The van der Waals surface area contributed by atoms with E-state index in [4.69, 9.17) is 10.5 Å². The van der Waals surface area contributed by atoms with Crippen LogP contribution in [0.4, 0.5) is 0 Å². The maximum atomic E-state index is 12.0. The molecule has 1 unspecified atom stereocenters. The predicted octanol–water partition coefficient (Wildman–Crippen LogP) is -0.295. The van der Waals surface area contributed by atoms with Crippen LogP contribution in [0.15, 0.2) is 0 Å². The van der Waals surface area contributed by atoms with Crippen LogP contribution >= 0.6 is 0 Å². The summed E-state index contributed by atoms with van der Waals surface area (Å²) in [7, 11) is 4.14. The molecule has 0 bridgehead atoms. The van der Waals surface area contributed by atoms with Crippen molar-refractivity contribution in [3.05, 3.63) is 0 Å². The first-order chi connectivity index (χ1) is 7.99. The normalized spacial score (nSPS) is 31.3. The monoisotopic (exact) mass is 241 g/mol. The standard InChI is InChI=1S/C12H23N3O2/c1-15(2)11(4-3-5-11)8-14-10(16)12(13)6-7-17-9-12/h3-9,13H2,1-2H3,(H,14,16). The summed E-state index contributed by atoms with van der Waals surface area (Å²) in [5.74, 6) is -0.0666. The van der Waals surface area contributed by atoms with Gasteiger partial charge in [0.05, 0.1) is 6.61 Å². The zero-order valence-corrected chi connectivity index (χ0v) is 10.8. The number of carbonyl (C=O) groups is 1. The molecule has 0 aromatic heterocycles. The number of nitrogens with two attached hydrogens (primary N) is 1. The molecule has 1 saturated carbocycles. The number of likely N-dealkylation sites (N-methyl/N-ethyl adjacent to an activating group) is 1. The van der Waals surface area contributed by atoms with Gasteiger partial charge in [0.15, 0.2) is 0 Å². The molecule has 17 heavy (non-hydrogen) atoms. The Bertz CT molecular complexity index is 294. The lowest BCUT2D eigenvalue weighted by Gasteiger charge is -2.47. The number of rotatable bonds is 4. The molecule has 1 amide bonds. The zero-order chi connectivity index (χ0) is 12.5. The van der Waals surface area contributed by atoms with Crippen molar-refractivity contribution in [1.29, 1.82) is 0 Å². The third kappa shape index (κ3) is 2.32. The van der Waals surface area contributed by atoms with Gasteiger partial charge in [0.2, 0.25) is 5.91 Å². The number of nitrogens with zero attached hydrogens (tertiary/aromatic N) is 1. The summed E-state index contributed by atoms with van der Waals surface area (Å²) < 4.78 is 5.20. The van der Waals surface area contributed by atoms with Crippen molar-refractivity contribution in [3.63, 3.8) is 0 Å². The first kappa shape index (κ1) is 12.8. The summed E-state index contributed by atoms with van der Waals surface area (Å²) in [5, 5.41) is 3.00. The van der Waals surface area contributed by atoms with Crippen LogP contribution in [-0.2, 0) is 9.53 Å². The van der Waals surface area contributed by atoms with E-state index in [-0.39, 0.29) is 11.4 Å². The number of hydrogen-bond acceptors (Lipinski definition) is 4. The predicted molar refractivity (Wildman–Crippen MR) is 65.6 cm³/mol. The Balaban J connectivity index is 1.87.